The van der Waals surface area contributed by atoms with E-state index in [0.717, 1.165) is 0 Å². The molecule has 0 amide bonds. The predicted octanol–water partition coefficient (Wildman–Crippen LogP) is 2.17. The summed E-state index contributed by atoms with van der Waals surface area (Å²) in [7, 11) is -1.92. The summed E-state index contributed by atoms with van der Waals surface area (Å²) in [5.41, 5.74) is 6.57. The highest BCUT2D eigenvalue weighted by Crippen LogP contribution is 2.32. The van der Waals surface area contributed by atoms with Gasteiger partial charge in [0.1, 0.15) is 5.75 Å². The molecule has 126 valence electrons. The van der Waals surface area contributed by atoms with Gasteiger partial charge in [-0.15, -0.1) is 12.4 Å². The number of hydrogen-bond donors (Lipinski definition) is 1. The van der Waals surface area contributed by atoms with Gasteiger partial charge in [-0.3, -0.25) is 0 Å². The van der Waals surface area contributed by atoms with E-state index >= 15 is 0 Å². The van der Waals surface area contributed by atoms with Crippen molar-refractivity contribution >= 4 is 22.4 Å². The Bertz CT molecular complexity index is 632. The number of methoxy groups -OCH3 is 1. The highest BCUT2D eigenvalue weighted by atomic mass is 35.5. The molecular formula is C15H25ClN2O3S. The maximum absolute atomic E-state index is 12.8. The standard InChI is InChI=1S/C15H24N2O3S.ClH/c1-11-9-12(20-4)5-6-13(11)21(18,19)17-8-7-14(16)15(2,3)10-17;/h5-6,9,14H,7-8,10,16H2,1-4H3;1H. The summed E-state index contributed by atoms with van der Waals surface area (Å²) in [5.74, 6) is 0.660. The molecule has 22 heavy (non-hydrogen) atoms. The van der Waals surface area contributed by atoms with Crippen LogP contribution in [0.5, 0.6) is 5.75 Å². The lowest BCUT2D eigenvalue weighted by Crippen LogP contribution is -2.53. The summed E-state index contributed by atoms with van der Waals surface area (Å²) in [6, 6.07) is 5.07. The molecule has 1 heterocycles. The summed E-state index contributed by atoms with van der Waals surface area (Å²) in [4.78, 5) is 0.342. The second-order valence-electron chi connectivity index (χ2n) is 6.35. The molecule has 2 rings (SSSR count). The summed E-state index contributed by atoms with van der Waals surface area (Å²) in [6.07, 6.45) is 0.682. The molecule has 0 radical (unpaired) electrons. The highest BCUT2D eigenvalue weighted by Gasteiger charge is 2.39. The average Bonchev–Trinajstić information content (AvgIpc) is 2.41. The normalized spacial score (nSPS) is 22.0. The zero-order valence-corrected chi connectivity index (χ0v) is 15.1. The van der Waals surface area contributed by atoms with E-state index in [1.54, 1.807) is 36.5 Å². The topological polar surface area (TPSA) is 72.6 Å². The summed E-state index contributed by atoms with van der Waals surface area (Å²) in [6.45, 7) is 6.73. The first kappa shape index (κ1) is 19.2. The van der Waals surface area contributed by atoms with Crippen molar-refractivity contribution in [2.45, 2.75) is 38.1 Å². The van der Waals surface area contributed by atoms with Gasteiger partial charge in [-0.1, -0.05) is 13.8 Å². The van der Waals surface area contributed by atoms with Crippen LogP contribution in [0.4, 0.5) is 0 Å². The van der Waals surface area contributed by atoms with Gasteiger partial charge in [-0.25, -0.2) is 8.42 Å². The minimum Gasteiger partial charge on any atom is -0.497 e. The second-order valence-corrected chi connectivity index (χ2v) is 8.26. The first-order chi connectivity index (χ1) is 9.68. The molecule has 5 nitrogen and oxygen atoms in total. The molecule has 1 aliphatic heterocycles. The molecule has 1 aromatic rings. The van der Waals surface area contributed by atoms with Gasteiger partial charge >= 0.3 is 0 Å². The van der Waals surface area contributed by atoms with Crippen LogP contribution in [0.3, 0.4) is 0 Å². The smallest absolute Gasteiger partial charge is 0.243 e. The minimum absolute atomic E-state index is 0. The lowest BCUT2D eigenvalue weighted by molar-refractivity contribution is 0.155. The van der Waals surface area contributed by atoms with Crippen molar-refractivity contribution in [3.63, 3.8) is 0 Å². The Balaban J connectivity index is 0.00000242. The van der Waals surface area contributed by atoms with Gasteiger partial charge in [0.25, 0.3) is 0 Å². The summed E-state index contributed by atoms with van der Waals surface area (Å²) < 4.78 is 32.4. The summed E-state index contributed by atoms with van der Waals surface area (Å²) >= 11 is 0. The first-order valence-corrected chi connectivity index (χ1v) is 8.53. The molecule has 0 aliphatic carbocycles. The Morgan fingerprint density at radius 1 is 1.36 bits per heavy atom. The molecule has 0 bridgehead atoms. The van der Waals surface area contributed by atoms with E-state index in [-0.39, 0.29) is 23.9 Å². The van der Waals surface area contributed by atoms with Crippen molar-refractivity contribution in [2.24, 2.45) is 11.1 Å². The fourth-order valence-corrected chi connectivity index (χ4v) is 4.54. The van der Waals surface area contributed by atoms with Crippen LogP contribution in [0.15, 0.2) is 23.1 Å². The fraction of sp³-hybridized carbons (Fsp3) is 0.600. The Hall–Kier alpha value is -0.820. The Morgan fingerprint density at radius 2 is 2.00 bits per heavy atom. The van der Waals surface area contributed by atoms with E-state index in [0.29, 0.717) is 35.7 Å². The lowest BCUT2D eigenvalue weighted by atomic mass is 9.81. The van der Waals surface area contributed by atoms with Crippen molar-refractivity contribution in [3.8, 4) is 5.75 Å². The molecular weight excluding hydrogens is 324 g/mol. The van der Waals surface area contributed by atoms with Gasteiger partial charge in [-0.05, 0) is 42.5 Å². The molecule has 1 aliphatic rings. The lowest BCUT2D eigenvalue weighted by Gasteiger charge is -2.41. The van der Waals surface area contributed by atoms with Gasteiger partial charge in [0.2, 0.25) is 10.0 Å². The van der Waals surface area contributed by atoms with E-state index in [1.165, 1.54) is 0 Å². The Morgan fingerprint density at radius 3 is 2.50 bits per heavy atom. The van der Waals surface area contributed by atoms with E-state index in [1.807, 2.05) is 13.8 Å². The van der Waals surface area contributed by atoms with Gasteiger partial charge < -0.3 is 10.5 Å². The maximum atomic E-state index is 12.8. The van der Waals surface area contributed by atoms with Gasteiger partial charge in [0.05, 0.1) is 12.0 Å². The van der Waals surface area contributed by atoms with Crippen molar-refractivity contribution in [1.29, 1.82) is 0 Å². The second kappa shape index (κ2) is 6.74. The van der Waals surface area contributed by atoms with Gasteiger partial charge in [0.15, 0.2) is 0 Å². The third-order valence-electron chi connectivity index (χ3n) is 4.28. The number of nitrogens with zero attached hydrogens (tertiary/aromatic N) is 1. The number of rotatable bonds is 3. The molecule has 0 saturated carbocycles. The fourth-order valence-electron chi connectivity index (χ4n) is 2.71. The molecule has 1 fully saturated rings. The van der Waals surface area contributed by atoms with Crippen LogP contribution in [-0.4, -0.2) is 39.0 Å². The third-order valence-corrected chi connectivity index (χ3v) is 6.28. The van der Waals surface area contributed by atoms with Crippen LogP contribution >= 0.6 is 12.4 Å². The molecule has 1 aromatic carbocycles. The Kier molecular flexibility index (Phi) is 5.89. The number of ether oxygens (including phenoxy) is 1. The number of piperidine rings is 1. The molecule has 2 N–H and O–H groups in total. The monoisotopic (exact) mass is 348 g/mol. The zero-order chi connectivity index (χ0) is 15.8. The van der Waals surface area contributed by atoms with E-state index in [2.05, 4.69) is 0 Å². The predicted molar refractivity (Wildman–Crippen MR) is 90.1 cm³/mol. The van der Waals surface area contributed by atoms with Crippen molar-refractivity contribution in [1.82, 2.24) is 4.31 Å². The van der Waals surface area contributed by atoms with Crippen LogP contribution in [0.2, 0.25) is 0 Å². The SMILES string of the molecule is COc1ccc(S(=O)(=O)N2CCC(N)C(C)(C)C2)c(C)c1.Cl. The molecule has 7 heteroatoms. The van der Waals surface area contributed by atoms with Crippen LogP contribution in [-0.2, 0) is 10.0 Å². The molecule has 0 spiro atoms. The van der Waals surface area contributed by atoms with Gasteiger partial charge in [-0.2, -0.15) is 4.31 Å². The largest absolute Gasteiger partial charge is 0.497 e. The summed E-state index contributed by atoms with van der Waals surface area (Å²) in [5, 5.41) is 0. The minimum atomic E-state index is -3.49. The number of sulfonamides is 1. The van der Waals surface area contributed by atoms with E-state index < -0.39 is 10.0 Å². The quantitative estimate of drug-likeness (QED) is 0.908. The Labute approximate surface area is 139 Å². The molecule has 1 unspecified atom stereocenters. The van der Waals surface area contributed by atoms with Crippen LogP contribution in [0, 0.1) is 12.3 Å². The van der Waals surface area contributed by atoms with E-state index in [4.69, 9.17) is 10.5 Å². The number of nitrogens with two attached hydrogens (primary N) is 1. The molecule has 0 aromatic heterocycles. The number of hydrogen-bond acceptors (Lipinski definition) is 4. The highest BCUT2D eigenvalue weighted by molar-refractivity contribution is 7.89. The van der Waals surface area contributed by atoms with E-state index in [9.17, 15) is 8.42 Å². The van der Waals surface area contributed by atoms with Crippen molar-refractivity contribution in [2.75, 3.05) is 20.2 Å². The molecule has 1 atom stereocenters. The van der Waals surface area contributed by atoms with Crippen LogP contribution < -0.4 is 10.5 Å². The van der Waals surface area contributed by atoms with Gasteiger partial charge in [0, 0.05) is 19.1 Å². The van der Waals surface area contributed by atoms with Crippen molar-refractivity contribution in [3.05, 3.63) is 23.8 Å². The van der Waals surface area contributed by atoms with Crippen LogP contribution in [0.1, 0.15) is 25.8 Å². The number of aryl methyl sites for hydroxylation is 1. The molecule has 1 saturated heterocycles. The third kappa shape index (κ3) is 3.56. The van der Waals surface area contributed by atoms with Crippen LogP contribution in [0.25, 0.3) is 0 Å². The zero-order valence-electron chi connectivity index (χ0n) is 13.5. The maximum Gasteiger partial charge on any atom is 0.243 e. The first-order valence-electron chi connectivity index (χ1n) is 7.09. The average molecular weight is 349 g/mol. The van der Waals surface area contributed by atoms with Crippen molar-refractivity contribution < 1.29 is 13.2 Å². The number of halogens is 1. The number of benzene rings is 1.